The van der Waals surface area contributed by atoms with Crippen molar-refractivity contribution in [3.8, 4) is 5.75 Å². The molecule has 86 valence electrons. The number of ether oxygens (including phenoxy) is 1. The molecule has 0 aliphatic heterocycles. The molecule has 0 unspecified atom stereocenters. The van der Waals surface area contributed by atoms with Gasteiger partial charge in [0.05, 0.1) is 12.7 Å². The average molecular weight is 222 g/mol. The van der Waals surface area contributed by atoms with E-state index in [1.807, 2.05) is 6.92 Å². The lowest BCUT2D eigenvalue weighted by atomic mass is 10.0. The summed E-state index contributed by atoms with van der Waals surface area (Å²) in [5.41, 5.74) is 0.668. The number of hydrogen-bond donors (Lipinski definition) is 0. The quantitative estimate of drug-likeness (QED) is 0.576. The highest BCUT2D eigenvalue weighted by Crippen LogP contribution is 2.22. The van der Waals surface area contributed by atoms with E-state index in [0.29, 0.717) is 12.0 Å². The molecule has 0 aliphatic rings. The second-order valence-electron chi connectivity index (χ2n) is 3.32. The molecule has 0 aliphatic carbocycles. The van der Waals surface area contributed by atoms with Crippen LogP contribution >= 0.6 is 0 Å². The highest BCUT2D eigenvalue weighted by molar-refractivity contribution is 6.09. The maximum atomic E-state index is 13.8. The molecule has 1 aromatic carbocycles. The van der Waals surface area contributed by atoms with Gasteiger partial charge in [-0.1, -0.05) is 19.1 Å². The fraction of sp³-hybridized carbons (Fsp3) is 0.308. The summed E-state index contributed by atoms with van der Waals surface area (Å²) in [4.78, 5) is 11.9. The van der Waals surface area contributed by atoms with Gasteiger partial charge < -0.3 is 4.74 Å². The lowest BCUT2D eigenvalue weighted by Crippen LogP contribution is -2.06. The van der Waals surface area contributed by atoms with E-state index in [4.69, 9.17) is 4.74 Å². The first-order chi connectivity index (χ1) is 7.65. The summed E-state index contributed by atoms with van der Waals surface area (Å²) in [7, 11) is 1.38. The first kappa shape index (κ1) is 12.4. The van der Waals surface area contributed by atoms with Crippen LogP contribution < -0.4 is 4.74 Å². The molecule has 2 nitrogen and oxygen atoms in total. The number of Topliss-reactive ketones (excluding diaryl/α,β-unsaturated/α-hetero) is 1. The molecule has 0 amide bonds. The number of carbonyl (C=O) groups is 1. The lowest BCUT2D eigenvalue weighted by molar-refractivity contribution is 0.102. The predicted molar refractivity (Wildman–Crippen MR) is 61.3 cm³/mol. The van der Waals surface area contributed by atoms with Crippen LogP contribution in [0, 0.1) is 5.82 Å². The van der Waals surface area contributed by atoms with Crippen molar-refractivity contribution in [1.29, 1.82) is 0 Å². The van der Waals surface area contributed by atoms with Crippen LogP contribution in [-0.2, 0) is 0 Å². The van der Waals surface area contributed by atoms with E-state index < -0.39 is 5.82 Å². The van der Waals surface area contributed by atoms with Crippen molar-refractivity contribution in [1.82, 2.24) is 0 Å². The van der Waals surface area contributed by atoms with Crippen LogP contribution in [0.3, 0.4) is 0 Å². The Balaban J connectivity index is 3.19. The summed E-state index contributed by atoms with van der Waals surface area (Å²) in [6.07, 6.45) is 2.30. The van der Waals surface area contributed by atoms with Gasteiger partial charge >= 0.3 is 0 Å². The zero-order chi connectivity index (χ0) is 12.1. The Morgan fingerprint density at radius 3 is 2.69 bits per heavy atom. The number of allylic oxidation sites excluding steroid dienone is 2. The van der Waals surface area contributed by atoms with Gasteiger partial charge in [0.1, 0.15) is 0 Å². The van der Waals surface area contributed by atoms with E-state index in [0.717, 1.165) is 0 Å². The number of benzene rings is 1. The van der Waals surface area contributed by atoms with Crippen molar-refractivity contribution in [3.05, 3.63) is 41.2 Å². The molecule has 0 spiro atoms. The van der Waals surface area contributed by atoms with Crippen LogP contribution in [0.2, 0.25) is 0 Å². The Kier molecular flexibility index (Phi) is 4.23. The van der Waals surface area contributed by atoms with Crippen molar-refractivity contribution in [2.75, 3.05) is 7.11 Å². The Morgan fingerprint density at radius 2 is 2.19 bits per heavy atom. The highest BCUT2D eigenvalue weighted by Gasteiger charge is 2.17. The average Bonchev–Trinajstić information content (AvgIpc) is 2.30. The molecule has 0 atom stereocenters. The van der Waals surface area contributed by atoms with Crippen LogP contribution in [-0.4, -0.2) is 12.9 Å². The third-order valence-corrected chi connectivity index (χ3v) is 2.45. The van der Waals surface area contributed by atoms with E-state index in [-0.39, 0.29) is 17.1 Å². The van der Waals surface area contributed by atoms with E-state index >= 15 is 0 Å². The van der Waals surface area contributed by atoms with E-state index in [1.54, 1.807) is 19.1 Å². The molecule has 0 fully saturated rings. The number of hydrogen-bond acceptors (Lipinski definition) is 2. The Labute approximate surface area is 94.7 Å². The molecular weight excluding hydrogens is 207 g/mol. The van der Waals surface area contributed by atoms with Crippen LogP contribution in [0.4, 0.5) is 4.39 Å². The minimum atomic E-state index is -0.595. The number of methoxy groups -OCH3 is 1. The molecule has 0 heterocycles. The molecule has 0 bridgehead atoms. The Hall–Kier alpha value is -1.64. The van der Waals surface area contributed by atoms with Gasteiger partial charge in [-0.25, -0.2) is 4.39 Å². The number of carbonyl (C=O) groups excluding carboxylic acids is 1. The third kappa shape index (κ3) is 2.30. The second kappa shape index (κ2) is 5.45. The molecule has 0 N–H and O–H groups in total. The van der Waals surface area contributed by atoms with Gasteiger partial charge in [0.15, 0.2) is 17.3 Å². The summed E-state index contributed by atoms with van der Waals surface area (Å²) >= 11 is 0. The van der Waals surface area contributed by atoms with Gasteiger partial charge in [-0.05, 0) is 31.1 Å². The molecule has 0 saturated carbocycles. The molecule has 1 aromatic rings. The Morgan fingerprint density at radius 1 is 1.50 bits per heavy atom. The fourth-order valence-electron chi connectivity index (χ4n) is 1.51. The molecule has 0 saturated heterocycles. The van der Waals surface area contributed by atoms with Gasteiger partial charge in [0, 0.05) is 0 Å². The van der Waals surface area contributed by atoms with Crippen molar-refractivity contribution in [2.24, 2.45) is 0 Å². The van der Waals surface area contributed by atoms with E-state index in [2.05, 4.69) is 0 Å². The molecule has 0 radical (unpaired) electrons. The second-order valence-corrected chi connectivity index (χ2v) is 3.32. The summed E-state index contributed by atoms with van der Waals surface area (Å²) in [6, 6.07) is 4.57. The monoisotopic (exact) mass is 222 g/mol. The van der Waals surface area contributed by atoms with Crippen molar-refractivity contribution in [3.63, 3.8) is 0 Å². The maximum absolute atomic E-state index is 13.8. The first-order valence-electron chi connectivity index (χ1n) is 5.18. The minimum Gasteiger partial charge on any atom is -0.494 e. The minimum absolute atomic E-state index is 0.0642. The summed E-state index contributed by atoms with van der Waals surface area (Å²) in [5, 5.41) is 0. The van der Waals surface area contributed by atoms with Gasteiger partial charge in [0.25, 0.3) is 0 Å². The van der Waals surface area contributed by atoms with Crippen molar-refractivity contribution >= 4 is 5.78 Å². The Bertz CT molecular complexity index is 422. The molecule has 16 heavy (non-hydrogen) atoms. The summed E-state index contributed by atoms with van der Waals surface area (Å²) < 4.78 is 18.6. The zero-order valence-electron chi connectivity index (χ0n) is 9.71. The number of ketones is 1. The maximum Gasteiger partial charge on any atom is 0.191 e. The summed E-state index contributed by atoms with van der Waals surface area (Å²) in [6.45, 7) is 3.64. The SMILES string of the molecule is C/C=C(/CC)C(=O)c1cccc(OC)c1F. The lowest BCUT2D eigenvalue weighted by Gasteiger charge is -2.07. The van der Waals surface area contributed by atoms with Crippen LogP contribution in [0.15, 0.2) is 29.8 Å². The fourth-order valence-corrected chi connectivity index (χ4v) is 1.51. The smallest absolute Gasteiger partial charge is 0.191 e. The third-order valence-electron chi connectivity index (χ3n) is 2.45. The molecule has 0 aromatic heterocycles. The summed E-state index contributed by atoms with van der Waals surface area (Å²) in [5.74, 6) is -0.776. The highest BCUT2D eigenvalue weighted by atomic mass is 19.1. The van der Waals surface area contributed by atoms with Crippen molar-refractivity contribution in [2.45, 2.75) is 20.3 Å². The molecule has 1 rings (SSSR count). The number of halogens is 1. The topological polar surface area (TPSA) is 26.3 Å². The van der Waals surface area contributed by atoms with Crippen LogP contribution in [0.1, 0.15) is 30.6 Å². The van der Waals surface area contributed by atoms with Crippen molar-refractivity contribution < 1.29 is 13.9 Å². The largest absolute Gasteiger partial charge is 0.494 e. The van der Waals surface area contributed by atoms with E-state index in [1.165, 1.54) is 19.2 Å². The van der Waals surface area contributed by atoms with Crippen LogP contribution in [0.5, 0.6) is 5.75 Å². The normalized spacial score (nSPS) is 11.4. The van der Waals surface area contributed by atoms with E-state index in [9.17, 15) is 9.18 Å². The number of rotatable bonds is 4. The molecule has 3 heteroatoms. The van der Waals surface area contributed by atoms with Gasteiger partial charge in [-0.3, -0.25) is 4.79 Å². The van der Waals surface area contributed by atoms with Gasteiger partial charge in [0.2, 0.25) is 0 Å². The first-order valence-corrected chi connectivity index (χ1v) is 5.18. The predicted octanol–water partition coefficient (Wildman–Crippen LogP) is 3.37. The van der Waals surface area contributed by atoms with Gasteiger partial charge in [-0.15, -0.1) is 0 Å². The van der Waals surface area contributed by atoms with Crippen LogP contribution in [0.25, 0.3) is 0 Å². The van der Waals surface area contributed by atoms with Gasteiger partial charge in [-0.2, -0.15) is 0 Å². The zero-order valence-corrected chi connectivity index (χ0v) is 9.71. The standard InChI is InChI=1S/C13H15FO2/c1-4-9(5-2)13(15)10-7-6-8-11(16-3)12(10)14/h4,6-8H,5H2,1-3H3/b9-4-. The molecular formula is C13H15FO2.